The van der Waals surface area contributed by atoms with Crippen molar-refractivity contribution in [3.63, 3.8) is 0 Å². The average molecular weight is 617 g/mol. The van der Waals surface area contributed by atoms with Crippen LogP contribution in [0.15, 0.2) is 149 Å². The number of benzene rings is 5. The fraction of sp³-hybridized carbons (Fsp3) is 0.0833. The lowest BCUT2D eigenvalue weighted by molar-refractivity contribution is -0.120. The van der Waals surface area contributed by atoms with Gasteiger partial charge in [0.15, 0.2) is 0 Å². The normalized spacial score (nSPS) is 20.1. The second-order valence-corrected chi connectivity index (χ2v) is 12.3. The lowest BCUT2D eigenvalue weighted by Crippen LogP contribution is -2.55. The summed E-state index contributed by atoms with van der Waals surface area (Å²) in [7, 11) is 0. The summed E-state index contributed by atoms with van der Waals surface area (Å²) in [6, 6.07) is 46.7. The molecule has 2 atom stereocenters. The van der Waals surface area contributed by atoms with Gasteiger partial charge in [-0.25, -0.2) is 0 Å². The summed E-state index contributed by atoms with van der Waals surface area (Å²) in [6.45, 7) is 0. The van der Waals surface area contributed by atoms with Crippen molar-refractivity contribution in [1.29, 1.82) is 0 Å². The second-order valence-electron chi connectivity index (χ2n) is 10.2. The Balaban J connectivity index is 1.54. The van der Waals surface area contributed by atoms with E-state index < -0.39 is 5.72 Å². The summed E-state index contributed by atoms with van der Waals surface area (Å²) in [4.78, 5) is 18.1. The van der Waals surface area contributed by atoms with Crippen molar-refractivity contribution in [3.8, 4) is 0 Å². The monoisotopic (exact) mass is 615 g/mol. The van der Waals surface area contributed by atoms with Crippen LogP contribution in [-0.2, 0) is 15.3 Å². The van der Waals surface area contributed by atoms with Crippen molar-refractivity contribution in [3.05, 3.63) is 166 Å². The van der Waals surface area contributed by atoms with E-state index in [1.807, 2.05) is 102 Å². The lowest BCUT2D eigenvalue weighted by atomic mass is 9.87. The van der Waals surface area contributed by atoms with E-state index in [2.05, 4.69) is 58.4 Å². The van der Waals surface area contributed by atoms with E-state index >= 15 is 4.79 Å². The number of hydrogen-bond donors (Lipinski definition) is 0. The van der Waals surface area contributed by atoms with Gasteiger partial charge in [-0.2, -0.15) is 0 Å². The molecule has 2 heterocycles. The number of nitrogens with zero attached hydrogens (tertiary/aromatic N) is 1. The fourth-order valence-corrected chi connectivity index (χ4v) is 7.39. The number of para-hydroxylation sites is 1. The summed E-state index contributed by atoms with van der Waals surface area (Å²) < 4.78 is 8.39. The Morgan fingerprint density at radius 3 is 1.98 bits per heavy atom. The molecule has 200 valence electrons. The molecule has 0 N–H and O–H groups in total. The van der Waals surface area contributed by atoms with Crippen molar-refractivity contribution in [2.24, 2.45) is 0 Å². The van der Waals surface area contributed by atoms with Crippen LogP contribution in [0.3, 0.4) is 0 Å². The van der Waals surface area contributed by atoms with E-state index in [0.717, 1.165) is 31.7 Å². The molecular weight excluding hydrogens is 590 g/mol. The van der Waals surface area contributed by atoms with Crippen molar-refractivity contribution < 1.29 is 9.53 Å². The van der Waals surface area contributed by atoms with Gasteiger partial charge in [-0.3, -0.25) is 9.69 Å². The van der Waals surface area contributed by atoms with Crippen molar-refractivity contribution in [2.45, 2.75) is 22.3 Å². The van der Waals surface area contributed by atoms with Gasteiger partial charge >= 0.3 is 0 Å². The molecule has 0 radical (unpaired) electrons. The van der Waals surface area contributed by atoms with Crippen LogP contribution in [0.1, 0.15) is 33.9 Å². The molecule has 3 nitrogen and oxygen atoms in total. The Kier molecular flexibility index (Phi) is 6.77. The third kappa shape index (κ3) is 4.59. The number of anilines is 1. The number of amides is 1. The Morgan fingerprint density at radius 1 is 0.707 bits per heavy atom. The minimum atomic E-state index is -1.08. The van der Waals surface area contributed by atoms with Crippen LogP contribution in [-0.4, -0.2) is 5.91 Å². The number of fused-ring (bicyclic) bond motifs is 3. The van der Waals surface area contributed by atoms with Crippen molar-refractivity contribution in [2.75, 3.05) is 4.90 Å². The SMILES string of the molecule is O=C1C(c2ccccc2)=C(c2ccccc2)OC2(c3ccccc3)CC(c3ccc(Br)cc3)Sc3ccccc3N12. The van der Waals surface area contributed by atoms with Crippen LogP contribution >= 0.6 is 27.7 Å². The standard InChI is InChI=1S/C36H26BrNO2S/c37-29-22-20-25(21-23-29)32-24-36(28-16-8-3-9-17-28)38(30-18-10-11-19-31(30)41-32)35(39)33(26-12-4-1-5-13-26)34(40-36)27-14-6-2-7-15-27/h1-23,32H,24H2. The van der Waals surface area contributed by atoms with Crippen LogP contribution in [0.4, 0.5) is 5.69 Å². The van der Waals surface area contributed by atoms with Gasteiger partial charge in [0.25, 0.3) is 5.91 Å². The molecule has 0 aromatic heterocycles. The van der Waals surface area contributed by atoms with Gasteiger partial charge in [-0.1, -0.05) is 131 Å². The van der Waals surface area contributed by atoms with E-state index in [9.17, 15) is 0 Å². The maximum absolute atomic E-state index is 15.1. The first-order valence-corrected chi connectivity index (χ1v) is 15.3. The minimum absolute atomic E-state index is 0.0255. The molecule has 41 heavy (non-hydrogen) atoms. The van der Waals surface area contributed by atoms with E-state index in [1.165, 1.54) is 5.56 Å². The van der Waals surface area contributed by atoms with E-state index in [4.69, 9.17) is 4.74 Å². The van der Waals surface area contributed by atoms with Gasteiger partial charge in [0.05, 0.1) is 11.3 Å². The summed E-state index contributed by atoms with van der Waals surface area (Å²) in [5.74, 6) is 0.524. The third-order valence-corrected chi connectivity index (χ3v) is 9.53. The Labute approximate surface area is 252 Å². The summed E-state index contributed by atoms with van der Waals surface area (Å²) >= 11 is 5.38. The number of carbonyl (C=O) groups is 1. The summed E-state index contributed by atoms with van der Waals surface area (Å²) in [5, 5.41) is 0.0255. The van der Waals surface area contributed by atoms with Crippen LogP contribution < -0.4 is 4.90 Å². The highest BCUT2D eigenvalue weighted by molar-refractivity contribution is 9.10. The lowest BCUT2D eigenvalue weighted by Gasteiger charge is -2.48. The van der Waals surface area contributed by atoms with Gasteiger partial charge < -0.3 is 4.74 Å². The predicted molar refractivity (Wildman–Crippen MR) is 170 cm³/mol. The molecule has 5 aromatic rings. The molecule has 2 aliphatic rings. The molecule has 0 spiro atoms. The highest BCUT2D eigenvalue weighted by Crippen LogP contribution is 2.58. The van der Waals surface area contributed by atoms with Gasteiger partial charge in [0, 0.05) is 32.2 Å². The second kappa shape index (κ2) is 10.7. The van der Waals surface area contributed by atoms with Crippen molar-refractivity contribution in [1.82, 2.24) is 0 Å². The molecule has 5 aromatic carbocycles. The zero-order valence-electron chi connectivity index (χ0n) is 22.1. The third-order valence-electron chi connectivity index (χ3n) is 7.68. The Hall–Kier alpha value is -4.06. The molecule has 1 amide bonds. The Bertz CT molecular complexity index is 1740. The zero-order valence-corrected chi connectivity index (χ0v) is 24.5. The van der Waals surface area contributed by atoms with Gasteiger partial charge in [-0.15, -0.1) is 11.8 Å². The number of halogens is 1. The molecule has 0 bridgehead atoms. The fourth-order valence-electron chi connectivity index (χ4n) is 5.78. The van der Waals surface area contributed by atoms with Crippen LogP contribution in [0, 0.1) is 0 Å². The number of hydrogen-bond acceptors (Lipinski definition) is 3. The number of thioether (sulfide) groups is 1. The summed E-state index contributed by atoms with van der Waals surface area (Å²) in [6.07, 6.45) is 0.558. The zero-order chi connectivity index (χ0) is 27.8. The topological polar surface area (TPSA) is 29.5 Å². The summed E-state index contributed by atoms with van der Waals surface area (Å²) in [5.41, 5.74) is 4.15. The molecule has 2 aliphatic heterocycles. The highest BCUT2D eigenvalue weighted by atomic mass is 79.9. The average Bonchev–Trinajstić information content (AvgIpc) is 3.18. The van der Waals surface area contributed by atoms with Crippen LogP contribution in [0.25, 0.3) is 11.3 Å². The molecule has 0 saturated carbocycles. The number of ether oxygens (including phenoxy) is 1. The van der Waals surface area contributed by atoms with Crippen LogP contribution in [0.2, 0.25) is 0 Å². The first-order chi connectivity index (χ1) is 20.1. The van der Waals surface area contributed by atoms with Crippen LogP contribution in [0.5, 0.6) is 0 Å². The quantitative estimate of drug-likeness (QED) is 0.202. The number of carbonyl (C=O) groups excluding carboxylic acids is 1. The maximum Gasteiger partial charge on any atom is 0.266 e. The van der Waals surface area contributed by atoms with E-state index in [0.29, 0.717) is 17.8 Å². The maximum atomic E-state index is 15.1. The molecule has 5 heteroatoms. The molecule has 2 unspecified atom stereocenters. The van der Waals surface area contributed by atoms with Gasteiger partial charge in [0.1, 0.15) is 5.76 Å². The molecule has 0 saturated heterocycles. The molecular formula is C36H26BrNO2S. The first-order valence-electron chi connectivity index (χ1n) is 13.6. The highest BCUT2D eigenvalue weighted by Gasteiger charge is 2.54. The minimum Gasteiger partial charge on any atom is -0.462 e. The number of rotatable bonds is 4. The Morgan fingerprint density at radius 2 is 1.29 bits per heavy atom. The largest absolute Gasteiger partial charge is 0.462 e. The first kappa shape index (κ1) is 25.9. The van der Waals surface area contributed by atoms with E-state index in [1.54, 1.807) is 11.8 Å². The molecule has 0 fully saturated rings. The molecule has 0 aliphatic carbocycles. The van der Waals surface area contributed by atoms with Crippen molar-refractivity contribution >= 4 is 50.6 Å². The van der Waals surface area contributed by atoms with Gasteiger partial charge in [-0.05, 0) is 35.4 Å². The predicted octanol–water partition coefficient (Wildman–Crippen LogP) is 9.47. The van der Waals surface area contributed by atoms with E-state index in [-0.39, 0.29) is 11.2 Å². The smallest absolute Gasteiger partial charge is 0.266 e. The molecule has 7 rings (SSSR count). The van der Waals surface area contributed by atoms with Gasteiger partial charge in [0.2, 0.25) is 5.72 Å².